The number of methoxy groups -OCH3 is 1. The van der Waals surface area contributed by atoms with Gasteiger partial charge in [0.25, 0.3) is 0 Å². The van der Waals surface area contributed by atoms with Gasteiger partial charge >= 0.3 is 5.97 Å². The van der Waals surface area contributed by atoms with Crippen molar-refractivity contribution < 1.29 is 9.53 Å². The van der Waals surface area contributed by atoms with E-state index in [9.17, 15) is 4.79 Å². The van der Waals surface area contributed by atoms with E-state index >= 15 is 0 Å². The van der Waals surface area contributed by atoms with E-state index in [1.54, 1.807) is 6.20 Å². The largest absolute Gasteiger partial charge is 0.465 e. The number of hydrogen-bond acceptors (Lipinski definition) is 6. The predicted molar refractivity (Wildman–Crippen MR) is 78.6 cm³/mol. The summed E-state index contributed by atoms with van der Waals surface area (Å²) < 4.78 is 4.71. The normalized spacial score (nSPS) is 10.7. The molecule has 0 atom stereocenters. The first kappa shape index (κ1) is 12.6. The summed E-state index contributed by atoms with van der Waals surface area (Å²) in [5.74, 6) is -0.440. The summed E-state index contributed by atoms with van der Waals surface area (Å²) in [6, 6.07) is 9.32. The molecule has 0 unspecified atom stereocenters. The minimum Gasteiger partial charge on any atom is -0.465 e. The van der Waals surface area contributed by atoms with Crippen LogP contribution >= 0.6 is 11.3 Å². The minimum atomic E-state index is -0.440. The second kappa shape index (κ2) is 4.90. The Hall–Kier alpha value is -2.47. The highest BCUT2D eigenvalue weighted by Crippen LogP contribution is 2.34. The minimum absolute atomic E-state index is 0.383. The quantitative estimate of drug-likeness (QED) is 0.732. The molecule has 3 rings (SSSR count). The number of nitrogens with two attached hydrogens (primary N) is 1. The van der Waals surface area contributed by atoms with Crippen LogP contribution in [0.15, 0.2) is 36.5 Å². The number of nitrogen functional groups attached to an aromatic ring is 1. The number of thiophene rings is 1. The van der Waals surface area contributed by atoms with E-state index in [-0.39, 0.29) is 0 Å². The molecule has 0 amide bonds. The third-order valence-corrected chi connectivity index (χ3v) is 3.99. The molecular weight excluding hydrogens is 274 g/mol. The molecule has 0 aliphatic carbocycles. The Morgan fingerprint density at radius 3 is 2.80 bits per heavy atom. The van der Waals surface area contributed by atoms with Gasteiger partial charge in [0, 0.05) is 11.6 Å². The first-order chi connectivity index (χ1) is 9.70. The van der Waals surface area contributed by atoms with Gasteiger partial charge < -0.3 is 10.5 Å². The van der Waals surface area contributed by atoms with Crippen molar-refractivity contribution in [1.29, 1.82) is 0 Å². The lowest BCUT2D eigenvalue weighted by molar-refractivity contribution is 0.0607. The van der Waals surface area contributed by atoms with Gasteiger partial charge in [-0.3, -0.25) is 4.98 Å². The summed E-state index contributed by atoms with van der Waals surface area (Å²) in [5, 5.41) is 0.759. The first-order valence-electron chi connectivity index (χ1n) is 5.89. The second-order valence-electron chi connectivity index (χ2n) is 4.10. The van der Waals surface area contributed by atoms with Gasteiger partial charge in [0.05, 0.1) is 24.2 Å². The van der Waals surface area contributed by atoms with Crippen molar-refractivity contribution in [3.8, 4) is 11.4 Å². The molecular formula is C14H11N3O2S. The molecule has 5 nitrogen and oxygen atoms in total. The van der Waals surface area contributed by atoms with Crippen LogP contribution in [-0.2, 0) is 4.74 Å². The van der Waals surface area contributed by atoms with Crippen LogP contribution in [-0.4, -0.2) is 23.0 Å². The molecule has 0 spiro atoms. The fourth-order valence-corrected chi connectivity index (χ4v) is 2.91. The number of hydrogen-bond donors (Lipinski definition) is 1. The maximum absolute atomic E-state index is 11.6. The number of rotatable bonds is 2. The number of esters is 1. The molecule has 0 aliphatic heterocycles. The maximum Gasteiger partial charge on any atom is 0.350 e. The number of carbonyl (C=O) groups is 1. The average Bonchev–Trinajstić information content (AvgIpc) is 2.84. The SMILES string of the molecule is COC(=O)c1sc2nc(-c3ccccn3)ccc2c1N. The number of nitrogens with zero attached hydrogens (tertiary/aromatic N) is 2. The van der Waals surface area contributed by atoms with Gasteiger partial charge in [0.1, 0.15) is 9.71 Å². The Morgan fingerprint density at radius 2 is 2.10 bits per heavy atom. The molecule has 0 fully saturated rings. The van der Waals surface area contributed by atoms with Crippen LogP contribution in [0.4, 0.5) is 5.69 Å². The maximum atomic E-state index is 11.6. The van der Waals surface area contributed by atoms with E-state index in [2.05, 4.69) is 9.97 Å². The molecule has 0 saturated carbocycles. The predicted octanol–water partition coefficient (Wildman–Crippen LogP) is 2.73. The number of fused-ring (bicyclic) bond motifs is 1. The zero-order valence-corrected chi connectivity index (χ0v) is 11.5. The topological polar surface area (TPSA) is 78.1 Å². The fraction of sp³-hybridized carbons (Fsp3) is 0.0714. The van der Waals surface area contributed by atoms with Crippen molar-refractivity contribution >= 4 is 33.2 Å². The molecule has 0 bridgehead atoms. The van der Waals surface area contributed by atoms with Gasteiger partial charge in [-0.15, -0.1) is 11.3 Å². The summed E-state index contributed by atoms with van der Waals surface area (Å²) in [6.07, 6.45) is 1.71. The molecule has 3 heterocycles. The molecule has 3 aromatic rings. The Bertz CT molecular complexity index is 784. The van der Waals surface area contributed by atoms with Crippen LogP contribution in [0, 0.1) is 0 Å². The van der Waals surface area contributed by atoms with Gasteiger partial charge in [-0.25, -0.2) is 9.78 Å². The second-order valence-corrected chi connectivity index (χ2v) is 5.10. The molecule has 6 heteroatoms. The molecule has 100 valence electrons. The average molecular weight is 285 g/mol. The Balaban J connectivity index is 2.15. The number of carbonyl (C=O) groups excluding carboxylic acids is 1. The summed E-state index contributed by atoms with van der Waals surface area (Å²) in [6.45, 7) is 0. The molecule has 0 saturated heterocycles. The van der Waals surface area contributed by atoms with Gasteiger partial charge in [-0.1, -0.05) is 6.07 Å². The number of aromatic nitrogens is 2. The lowest BCUT2D eigenvalue weighted by Crippen LogP contribution is -2.01. The van der Waals surface area contributed by atoms with Gasteiger partial charge in [-0.05, 0) is 24.3 Å². The summed E-state index contributed by atoms with van der Waals surface area (Å²) in [7, 11) is 1.33. The Labute approximate surface area is 119 Å². The molecule has 20 heavy (non-hydrogen) atoms. The highest BCUT2D eigenvalue weighted by Gasteiger charge is 2.18. The monoisotopic (exact) mass is 285 g/mol. The van der Waals surface area contributed by atoms with Crippen LogP contribution < -0.4 is 5.73 Å². The Morgan fingerprint density at radius 1 is 1.25 bits per heavy atom. The van der Waals surface area contributed by atoms with Gasteiger partial charge in [0.15, 0.2) is 0 Å². The van der Waals surface area contributed by atoms with Crippen molar-refractivity contribution in [2.24, 2.45) is 0 Å². The first-order valence-corrected chi connectivity index (χ1v) is 6.71. The molecule has 0 aromatic carbocycles. The Kier molecular flexibility index (Phi) is 3.08. The van der Waals surface area contributed by atoms with Gasteiger partial charge in [0.2, 0.25) is 0 Å². The van der Waals surface area contributed by atoms with Crippen molar-refractivity contribution in [3.05, 3.63) is 41.4 Å². The standard InChI is InChI=1S/C14H11N3O2S/c1-19-14(18)12-11(15)8-5-6-10(17-13(8)20-12)9-4-2-3-7-16-9/h2-7H,15H2,1H3. The van der Waals surface area contributed by atoms with Crippen molar-refractivity contribution in [1.82, 2.24) is 9.97 Å². The van der Waals surface area contributed by atoms with Crippen molar-refractivity contribution in [2.45, 2.75) is 0 Å². The zero-order chi connectivity index (χ0) is 14.1. The highest BCUT2D eigenvalue weighted by molar-refractivity contribution is 7.21. The van der Waals surface area contributed by atoms with Gasteiger partial charge in [-0.2, -0.15) is 0 Å². The molecule has 2 N–H and O–H groups in total. The van der Waals surface area contributed by atoms with Crippen LogP contribution in [0.25, 0.3) is 21.6 Å². The smallest absolute Gasteiger partial charge is 0.350 e. The van der Waals surface area contributed by atoms with E-state index in [1.165, 1.54) is 18.4 Å². The summed E-state index contributed by atoms with van der Waals surface area (Å²) in [5.41, 5.74) is 7.90. The third kappa shape index (κ3) is 2.00. The van der Waals surface area contributed by atoms with E-state index < -0.39 is 5.97 Å². The van der Waals surface area contributed by atoms with Crippen LogP contribution in [0.5, 0.6) is 0 Å². The number of ether oxygens (including phenoxy) is 1. The van der Waals surface area contributed by atoms with Crippen molar-refractivity contribution in [3.63, 3.8) is 0 Å². The number of pyridine rings is 2. The van der Waals surface area contributed by atoms with E-state index in [0.717, 1.165) is 16.8 Å². The summed E-state index contributed by atoms with van der Waals surface area (Å²) in [4.78, 5) is 21.5. The van der Waals surface area contributed by atoms with Crippen LogP contribution in [0.2, 0.25) is 0 Å². The third-order valence-electron chi connectivity index (χ3n) is 2.89. The van der Waals surface area contributed by atoms with E-state index in [1.807, 2.05) is 30.3 Å². The number of anilines is 1. The molecule has 0 aliphatic rings. The zero-order valence-electron chi connectivity index (χ0n) is 10.7. The lowest BCUT2D eigenvalue weighted by Gasteiger charge is -1.99. The van der Waals surface area contributed by atoms with E-state index in [4.69, 9.17) is 10.5 Å². The summed E-state index contributed by atoms with van der Waals surface area (Å²) >= 11 is 1.23. The fourth-order valence-electron chi connectivity index (χ4n) is 1.90. The van der Waals surface area contributed by atoms with Crippen LogP contribution in [0.3, 0.4) is 0 Å². The van der Waals surface area contributed by atoms with E-state index in [0.29, 0.717) is 15.4 Å². The lowest BCUT2D eigenvalue weighted by atomic mass is 10.2. The molecule has 0 radical (unpaired) electrons. The van der Waals surface area contributed by atoms with Crippen molar-refractivity contribution in [2.75, 3.05) is 12.8 Å². The van der Waals surface area contributed by atoms with Crippen LogP contribution in [0.1, 0.15) is 9.67 Å². The highest BCUT2D eigenvalue weighted by atomic mass is 32.1. The molecule has 3 aromatic heterocycles.